The molecule has 0 aliphatic carbocycles. The molecule has 0 amide bonds. The van der Waals surface area contributed by atoms with Crippen molar-refractivity contribution in [1.82, 2.24) is 5.20 Å². The number of hydrogen-bond donors (Lipinski definition) is 1. The van der Waals surface area contributed by atoms with Crippen molar-refractivity contribution in [1.29, 1.82) is 0 Å². The first-order valence-electron chi connectivity index (χ1n) is 3.39. The molecule has 0 fully saturated rings. The van der Waals surface area contributed by atoms with Gasteiger partial charge in [-0.2, -0.15) is 5.10 Å². The van der Waals surface area contributed by atoms with Crippen molar-refractivity contribution >= 4 is 34.3 Å². The Balaban J connectivity index is 2.22. The van der Waals surface area contributed by atoms with E-state index >= 15 is 0 Å². The predicted molar refractivity (Wildman–Crippen MR) is 56.5 cm³/mol. The van der Waals surface area contributed by atoms with Crippen molar-refractivity contribution in [2.45, 2.75) is 0 Å². The quantitative estimate of drug-likeness (QED) is 0.730. The van der Waals surface area contributed by atoms with E-state index < -0.39 is 6.63 Å². The molecule has 1 atom stereocenters. The molecule has 1 aliphatic rings. The van der Waals surface area contributed by atoms with Crippen LogP contribution in [0, 0.1) is 0 Å². The van der Waals surface area contributed by atoms with Crippen LogP contribution in [-0.2, 0) is 0 Å². The van der Waals surface area contributed by atoms with Gasteiger partial charge in [0.25, 0.3) is 0 Å². The van der Waals surface area contributed by atoms with Crippen molar-refractivity contribution in [3.8, 4) is 0 Å². The van der Waals surface area contributed by atoms with Crippen molar-refractivity contribution in [3.05, 3.63) is 35.9 Å². The maximum absolute atomic E-state index is 5.86. The smallest absolute Gasteiger partial charge is 0.171 e. The molecular formula is C7H6ClN2PS. The topological polar surface area (TPSA) is 24.4 Å². The van der Waals surface area contributed by atoms with Gasteiger partial charge in [0, 0.05) is 5.56 Å². The maximum atomic E-state index is 5.86. The van der Waals surface area contributed by atoms with Gasteiger partial charge >= 0.3 is 0 Å². The van der Waals surface area contributed by atoms with Crippen LogP contribution in [0.1, 0.15) is 5.56 Å². The van der Waals surface area contributed by atoms with E-state index in [1.807, 2.05) is 30.3 Å². The van der Waals surface area contributed by atoms with Gasteiger partial charge in [-0.3, -0.25) is 5.20 Å². The first kappa shape index (κ1) is 8.36. The van der Waals surface area contributed by atoms with E-state index in [2.05, 4.69) is 10.3 Å². The molecule has 0 bridgehead atoms. The number of nitrogens with one attached hydrogen (secondary N) is 1. The number of benzene rings is 1. The van der Waals surface area contributed by atoms with E-state index in [1.165, 1.54) is 0 Å². The number of rotatable bonds is 1. The predicted octanol–water partition coefficient (Wildman–Crippen LogP) is 3.15. The van der Waals surface area contributed by atoms with E-state index in [0.717, 1.165) is 10.6 Å². The van der Waals surface area contributed by atoms with Crippen LogP contribution < -0.4 is 5.20 Å². The van der Waals surface area contributed by atoms with Crippen molar-refractivity contribution in [2.24, 2.45) is 5.10 Å². The Morgan fingerprint density at radius 3 is 2.67 bits per heavy atom. The average Bonchev–Trinajstić information content (AvgIpc) is 2.54. The summed E-state index contributed by atoms with van der Waals surface area (Å²) in [6.07, 6.45) is 0. The molecule has 0 saturated heterocycles. The number of hydrogen-bond acceptors (Lipinski definition) is 3. The van der Waals surface area contributed by atoms with E-state index in [9.17, 15) is 0 Å². The van der Waals surface area contributed by atoms with Crippen LogP contribution in [0.4, 0.5) is 0 Å². The standard InChI is InChI=1S/C7H6ClN2PS/c8-11-10-9-7(12-11)6-4-2-1-3-5-6/h1-5,10H. The Labute approximate surface area is 80.7 Å². The Morgan fingerprint density at radius 2 is 2.08 bits per heavy atom. The normalized spacial score (nSPS) is 21.8. The molecular weight excluding hydrogens is 211 g/mol. The summed E-state index contributed by atoms with van der Waals surface area (Å²) in [6, 6.07) is 10.0. The fourth-order valence-corrected chi connectivity index (χ4v) is 3.51. The van der Waals surface area contributed by atoms with Crippen molar-refractivity contribution in [2.75, 3.05) is 0 Å². The van der Waals surface area contributed by atoms with Gasteiger partial charge in [0.15, 0.2) is 6.63 Å². The first-order valence-corrected chi connectivity index (χ1v) is 7.06. The third kappa shape index (κ3) is 1.74. The van der Waals surface area contributed by atoms with E-state index in [1.54, 1.807) is 11.4 Å². The van der Waals surface area contributed by atoms with Crippen LogP contribution in [0.5, 0.6) is 0 Å². The lowest BCUT2D eigenvalue weighted by molar-refractivity contribution is 1.13. The summed E-state index contributed by atoms with van der Waals surface area (Å²) in [5.41, 5.74) is 1.13. The van der Waals surface area contributed by atoms with Gasteiger partial charge in [-0.15, -0.1) is 0 Å². The molecule has 1 heterocycles. The summed E-state index contributed by atoms with van der Waals surface area (Å²) < 4.78 is 0. The molecule has 1 unspecified atom stereocenters. The lowest BCUT2D eigenvalue weighted by Crippen LogP contribution is -1.91. The fraction of sp³-hybridized carbons (Fsp3) is 0. The maximum Gasteiger partial charge on any atom is 0.171 e. The molecule has 0 aromatic heterocycles. The average molecular weight is 217 g/mol. The molecule has 1 N–H and O–H groups in total. The van der Waals surface area contributed by atoms with E-state index in [4.69, 9.17) is 11.2 Å². The molecule has 12 heavy (non-hydrogen) atoms. The first-order chi connectivity index (χ1) is 5.86. The molecule has 1 aliphatic heterocycles. The number of halogens is 1. The van der Waals surface area contributed by atoms with Crippen molar-refractivity contribution < 1.29 is 0 Å². The van der Waals surface area contributed by atoms with Crippen LogP contribution >= 0.6 is 29.2 Å². The summed E-state index contributed by atoms with van der Waals surface area (Å²) in [5, 5.41) is 7.95. The van der Waals surface area contributed by atoms with Crippen LogP contribution in [-0.4, -0.2) is 5.04 Å². The molecule has 2 rings (SSSR count). The summed E-state index contributed by atoms with van der Waals surface area (Å²) in [7, 11) is 0. The third-order valence-electron chi connectivity index (χ3n) is 1.42. The second-order valence-electron chi connectivity index (χ2n) is 2.22. The van der Waals surface area contributed by atoms with Crippen LogP contribution in [0.15, 0.2) is 35.4 Å². The zero-order valence-electron chi connectivity index (χ0n) is 6.07. The summed E-state index contributed by atoms with van der Waals surface area (Å²) in [5.74, 6) is 0. The SMILES string of the molecule is ClP1NN=C(c2ccccc2)S1. The summed E-state index contributed by atoms with van der Waals surface area (Å²) >= 11 is 7.45. The molecule has 2 nitrogen and oxygen atoms in total. The molecule has 0 spiro atoms. The lowest BCUT2D eigenvalue weighted by atomic mass is 10.2. The van der Waals surface area contributed by atoms with Crippen LogP contribution in [0.2, 0.25) is 0 Å². The molecule has 0 radical (unpaired) electrons. The Bertz CT molecular complexity index is 304. The van der Waals surface area contributed by atoms with Gasteiger partial charge in [-0.05, 0) is 11.4 Å². The van der Waals surface area contributed by atoms with Gasteiger partial charge in [-0.1, -0.05) is 41.6 Å². The van der Waals surface area contributed by atoms with E-state index in [-0.39, 0.29) is 0 Å². The second kappa shape index (κ2) is 3.65. The molecule has 1 aromatic rings. The van der Waals surface area contributed by atoms with Gasteiger partial charge in [0.05, 0.1) is 0 Å². The van der Waals surface area contributed by atoms with Gasteiger partial charge in [-0.25, -0.2) is 0 Å². The molecule has 1 aromatic carbocycles. The van der Waals surface area contributed by atoms with Gasteiger partial charge in [0.1, 0.15) is 5.04 Å². The zero-order valence-corrected chi connectivity index (χ0v) is 8.53. The summed E-state index contributed by atoms with van der Waals surface area (Å²) in [4.78, 5) is 0. The van der Waals surface area contributed by atoms with Crippen LogP contribution in [0.25, 0.3) is 0 Å². The molecule has 5 heteroatoms. The minimum atomic E-state index is -0.693. The van der Waals surface area contributed by atoms with Crippen LogP contribution in [0.3, 0.4) is 0 Å². The number of hydrazone groups is 1. The minimum absolute atomic E-state index is 0.693. The Kier molecular flexibility index (Phi) is 2.54. The van der Waals surface area contributed by atoms with Gasteiger partial charge in [0.2, 0.25) is 0 Å². The third-order valence-corrected chi connectivity index (χ3v) is 4.43. The largest absolute Gasteiger partial charge is 0.264 e. The Hall–Kier alpha value is -0.240. The molecule has 62 valence electrons. The highest BCUT2D eigenvalue weighted by Crippen LogP contribution is 2.55. The van der Waals surface area contributed by atoms with E-state index in [0.29, 0.717) is 0 Å². The lowest BCUT2D eigenvalue weighted by Gasteiger charge is -1.96. The van der Waals surface area contributed by atoms with Gasteiger partial charge < -0.3 is 0 Å². The minimum Gasteiger partial charge on any atom is -0.264 e. The highest BCUT2D eigenvalue weighted by atomic mass is 35.7. The van der Waals surface area contributed by atoms with Crippen molar-refractivity contribution in [3.63, 3.8) is 0 Å². The number of nitrogens with zero attached hydrogens (tertiary/aromatic N) is 1. The molecule has 0 saturated carbocycles. The highest BCUT2D eigenvalue weighted by Gasteiger charge is 2.17. The second-order valence-corrected chi connectivity index (χ2v) is 6.74. The zero-order chi connectivity index (χ0) is 8.39. The monoisotopic (exact) mass is 216 g/mol. The summed E-state index contributed by atoms with van der Waals surface area (Å²) in [6.45, 7) is -0.693. The fourth-order valence-electron chi connectivity index (χ4n) is 0.899. The highest BCUT2D eigenvalue weighted by molar-refractivity contribution is 8.69. The Morgan fingerprint density at radius 1 is 1.33 bits per heavy atom.